The molecule has 2 rings (SSSR count). The fraction of sp³-hybridized carbons (Fsp3) is 0.273. The minimum atomic E-state index is -0.705. The van der Waals surface area contributed by atoms with E-state index >= 15 is 0 Å². The van der Waals surface area contributed by atoms with Crippen LogP contribution in [0.25, 0.3) is 0 Å². The molecule has 0 N–H and O–H groups in total. The maximum atomic E-state index is 11.2. The van der Waals surface area contributed by atoms with Gasteiger partial charge in [-0.3, -0.25) is 19.7 Å². The third kappa shape index (κ3) is 2.47. The summed E-state index contributed by atoms with van der Waals surface area (Å²) in [5, 5.41) is 10.6. The van der Waals surface area contributed by atoms with E-state index in [2.05, 4.69) is 0 Å². The summed E-state index contributed by atoms with van der Waals surface area (Å²) in [6.45, 7) is 0. The Hall–Kier alpha value is -2.24. The quantitative estimate of drug-likeness (QED) is 0.336. The highest BCUT2D eigenvalue weighted by Gasteiger charge is 2.28. The molecule has 6 heteroatoms. The van der Waals surface area contributed by atoms with Crippen LogP contribution in [0, 0.1) is 10.1 Å². The third-order valence-electron chi connectivity index (χ3n) is 2.48. The summed E-state index contributed by atoms with van der Waals surface area (Å²) >= 11 is 0. The second-order valence-corrected chi connectivity index (χ2v) is 3.75. The number of hydrogen-bond acceptors (Lipinski definition) is 5. The molecule has 0 amide bonds. The molecule has 0 aromatic heterocycles. The van der Waals surface area contributed by atoms with Crippen LogP contribution in [-0.4, -0.2) is 16.7 Å². The molecular formula is C11H9NO5. The maximum absolute atomic E-state index is 11.2. The minimum absolute atomic E-state index is 0.0763. The summed E-state index contributed by atoms with van der Waals surface area (Å²) in [7, 11) is 0. The Morgan fingerprint density at radius 3 is 2.76 bits per heavy atom. The summed E-state index contributed by atoms with van der Waals surface area (Å²) in [5.41, 5.74) is 0.386. The van der Waals surface area contributed by atoms with Crippen molar-refractivity contribution >= 4 is 17.4 Å². The van der Waals surface area contributed by atoms with Gasteiger partial charge in [-0.25, -0.2) is 0 Å². The number of nitro groups is 1. The smallest absolute Gasteiger partial charge is 0.313 e. The SMILES string of the molecule is O=C1CC(=O)OC(c2cccc([N+](=O)[O-])c2)C1. The lowest BCUT2D eigenvalue weighted by molar-refractivity contribution is -0.385. The van der Waals surface area contributed by atoms with Crippen molar-refractivity contribution < 1.29 is 19.2 Å². The van der Waals surface area contributed by atoms with Crippen LogP contribution in [0.2, 0.25) is 0 Å². The van der Waals surface area contributed by atoms with Crippen LogP contribution in [0.15, 0.2) is 24.3 Å². The number of esters is 1. The number of carbonyl (C=O) groups is 2. The van der Waals surface area contributed by atoms with Crippen LogP contribution in [0.5, 0.6) is 0 Å². The van der Waals surface area contributed by atoms with E-state index < -0.39 is 17.0 Å². The molecule has 17 heavy (non-hydrogen) atoms. The Kier molecular flexibility index (Phi) is 2.86. The van der Waals surface area contributed by atoms with Crippen LogP contribution < -0.4 is 0 Å². The van der Waals surface area contributed by atoms with Gasteiger partial charge >= 0.3 is 5.97 Å². The lowest BCUT2D eigenvalue weighted by Gasteiger charge is -2.21. The molecule has 1 aromatic carbocycles. The second-order valence-electron chi connectivity index (χ2n) is 3.75. The van der Waals surface area contributed by atoms with E-state index in [0.717, 1.165) is 0 Å². The van der Waals surface area contributed by atoms with Crippen LogP contribution >= 0.6 is 0 Å². The van der Waals surface area contributed by atoms with E-state index in [-0.39, 0.29) is 24.3 Å². The molecule has 0 saturated carbocycles. The zero-order chi connectivity index (χ0) is 12.4. The minimum Gasteiger partial charge on any atom is -0.457 e. The number of cyclic esters (lactones) is 1. The fourth-order valence-electron chi connectivity index (χ4n) is 1.71. The summed E-state index contributed by atoms with van der Waals surface area (Å²) in [4.78, 5) is 32.4. The number of Topliss-reactive ketones (excluding diaryl/α,β-unsaturated/α-hetero) is 1. The van der Waals surface area contributed by atoms with Crippen LogP contribution in [0.3, 0.4) is 0 Å². The summed E-state index contributed by atoms with van der Waals surface area (Å²) in [6.07, 6.45) is -0.845. The molecule has 88 valence electrons. The Morgan fingerprint density at radius 2 is 2.12 bits per heavy atom. The molecule has 6 nitrogen and oxygen atoms in total. The molecule has 1 saturated heterocycles. The summed E-state index contributed by atoms with van der Waals surface area (Å²) in [6, 6.07) is 5.76. The molecule has 1 aliphatic heterocycles. The first-order valence-corrected chi connectivity index (χ1v) is 5.02. The van der Waals surface area contributed by atoms with Crippen LogP contribution in [-0.2, 0) is 14.3 Å². The fourth-order valence-corrected chi connectivity index (χ4v) is 1.71. The van der Waals surface area contributed by atoms with Crippen LogP contribution in [0.4, 0.5) is 5.69 Å². The predicted molar refractivity (Wildman–Crippen MR) is 56.2 cm³/mol. The number of benzene rings is 1. The lowest BCUT2D eigenvalue weighted by Crippen LogP contribution is -2.24. The molecular weight excluding hydrogens is 226 g/mol. The molecule has 1 fully saturated rings. The molecule has 1 unspecified atom stereocenters. The third-order valence-corrected chi connectivity index (χ3v) is 2.48. The van der Waals surface area contributed by atoms with Crippen molar-refractivity contribution in [2.24, 2.45) is 0 Å². The molecule has 0 radical (unpaired) electrons. The van der Waals surface area contributed by atoms with Crippen molar-refractivity contribution in [3.8, 4) is 0 Å². The van der Waals surface area contributed by atoms with E-state index in [1.54, 1.807) is 6.07 Å². The average Bonchev–Trinajstić information content (AvgIpc) is 2.28. The first-order chi connectivity index (χ1) is 8.06. The number of ketones is 1. The average molecular weight is 235 g/mol. The molecule has 1 aromatic rings. The summed E-state index contributed by atoms with van der Waals surface area (Å²) in [5.74, 6) is -0.796. The second kappa shape index (κ2) is 4.32. The number of ether oxygens (including phenoxy) is 1. The van der Waals surface area contributed by atoms with Crippen LogP contribution in [0.1, 0.15) is 24.5 Å². The summed E-state index contributed by atoms with van der Waals surface area (Å²) < 4.78 is 5.00. The van der Waals surface area contributed by atoms with E-state index in [4.69, 9.17) is 4.74 Å². The zero-order valence-corrected chi connectivity index (χ0v) is 8.79. The van der Waals surface area contributed by atoms with E-state index in [1.165, 1.54) is 18.2 Å². The standard InChI is InChI=1S/C11H9NO5/c13-9-5-10(17-11(14)6-9)7-2-1-3-8(4-7)12(15)16/h1-4,10H,5-6H2. The van der Waals surface area contributed by atoms with Crippen molar-refractivity contribution in [2.45, 2.75) is 18.9 Å². The number of non-ortho nitro benzene ring substituents is 1. The Balaban J connectivity index is 2.27. The van der Waals surface area contributed by atoms with Gasteiger partial charge in [-0.2, -0.15) is 0 Å². The molecule has 0 aliphatic carbocycles. The molecule has 0 spiro atoms. The van der Waals surface area contributed by atoms with Gasteiger partial charge in [0.2, 0.25) is 0 Å². The predicted octanol–water partition coefficient (Wildman–Crippen LogP) is 1.54. The van der Waals surface area contributed by atoms with Gasteiger partial charge in [0.25, 0.3) is 5.69 Å². The first-order valence-electron chi connectivity index (χ1n) is 5.02. The first kappa shape index (κ1) is 11.3. The highest BCUT2D eigenvalue weighted by atomic mass is 16.6. The Bertz CT molecular complexity index is 480. The van der Waals surface area contributed by atoms with Crippen molar-refractivity contribution in [1.82, 2.24) is 0 Å². The maximum Gasteiger partial charge on any atom is 0.313 e. The normalized spacial score (nSPS) is 19.9. The number of hydrogen-bond donors (Lipinski definition) is 0. The van der Waals surface area contributed by atoms with Gasteiger partial charge in [0.1, 0.15) is 18.3 Å². The van der Waals surface area contributed by atoms with Gasteiger partial charge in [0.05, 0.1) is 4.92 Å². The van der Waals surface area contributed by atoms with Gasteiger partial charge in [-0.05, 0) is 5.56 Å². The van der Waals surface area contributed by atoms with Gasteiger partial charge < -0.3 is 4.74 Å². The monoisotopic (exact) mass is 235 g/mol. The van der Waals surface area contributed by atoms with Crippen molar-refractivity contribution in [3.05, 3.63) is 39.9 Å². The zero-order valence-electron chi connectivity index (χ0n) is 8.79. The Morgan fingerprint density at radius 1 is 1.35 bits per heavy atom. The van der Waals surface area contributed by atoms with Crippen molar-refractivity contribution in [2.75, 3.05) is 0 Å². The van der Waals surface area contributed by atoms with E-state index in [1.807, 2.05) is 0 Å². The largest absolute Gasteiger partial charge is 0.457 e. The Labute approximate surface area is 96.3 Å². The molecule has 1 heterocycles. The highest BCUT2D eigenvalue weighted by Crippen LogP contribution is 2.28. The number of carbonyl (C=O) groups excluding carboxylic acids is 2. The lowest BCUT2D eigenvalue weighted by atomic mass is 10.00. The topological polar surface area (TPSA) is 86.5 Å². The highest BCUT2D eigenvalue weighted by molar-refractivity contribution is 5.97. The molecule has 1 aliphatic rings. The number of nitro benzene ring substituents is 1. The van der Waals surface area contributed by atoms with Gasteiger partial charge in [-0.1, -0.05) is 12.1 Å². The number of rotatable bonds is 2. The molecule has 1 atom stereocenters. The van der Waals surface area contributed by atoms with Crippen molar-refractivity contribution in [3.63, 3.8) is 0 Å². The van der Waals surface area contributed by atoms with Gasteiger partial charge in [0.15, 0.2) is 0 Å². The van der Waals surface area contributed by atoms with Gasteiger partial charge in [0, 0.05) is 18.6 Å². The molecule has 0 bridgehead atoms. The van der Waals surface area contributed by atoms with Crippen molar-refractivity contribution in [1.29, 1.82) is 0 Å². The van der Waals surface area contributed by atoms with Gasteiger partial charge in [-0.15, -0.1) is 0 Å². The number of nitrogens with zero attached hydrogens (tertiary/aromatic N) is 1. The van der Waals surface area contributed by atoms with E-state index in [9.17, 15) is 19.7 Å². The van der Waals surface area contributed by atoms with E-state index in [0.29, 0.717) is 5.56 Å².